The fraction of sp³-hybridized carbons (Fsp3) is 0.231. The number of nitrogens with one attached hydrogen (secondary N) is 1. The van der Waals surface area contributed by atoms with E-state index in [1.54, 1.807) is 14.2 Å². The van der Waals surface area contributed by atoms with E-state index in [4.69, 9.17) is 10.5 Å². The third-order valence-corrected chi connectivity index (χ3v) is 2.73. The summed E-state index contributed by atoms with van der Waals surface area (Å²) in [5.74, 6) is 0.633. The molecule has 2 rings (SSSR count). The Balaban J connectivity index is 2.28. The normalized spacial score (nSPS) is 10.3. The zero-order valence-electron chi connectivity index (χ0n) is 11.1. The maximum atomic E-state index is 12.1. The first-order chi connectivity index (χ1) is 9.01. The summed E-state index contributed by atoms with van der Waals surface area (Å²) in [5.41, 5.74) is 7.59. The molecule has 1 aromatic carbocycles. The number of nitrogens with two attached hydrogens (primary N) is 1. The number of benzene rings is 1. The zero-order valence-corrected chi connectivity index (χ0v) is 11.1. The van der Waals surface area contributed by atoms with Crippen LogP contribution in [0.25, 0.3) is 0 Å². The largest absolute Gasteiger partial charge is 0.495 e. The van der Waals surface area contributed by atoms with Crippen molar-refractivity contribution in [3.63, 3.8) is 0 Å². The first-order valence-corrected chi connectivity index (χ1v) is 5.76. The van der Waals surface area contributed by atoms with Gasteiger partial charge in [0.2, 0.25) is 0 Å². The van der Waals surface area contributed by atoms with Crippen molar-refractivity contribution in [2.75, 3.05) is 18.2 Å². The topological polar surface area (TPSA) is 82.2 Å². The average molecular weight is 260 g/mol. The molecule has 0 aliphatic rings. The minimum atomic E-state index is -0.282. The van der Waals surface area contributed by atoms with Crippen molar-refractivity contribution in [2.45, 2.75) is 6.92 Å². The summed E-state index contributed by atoms with van der Waals surface area (Å²) >= 11 is 0. The lowest BCUT2D eigenvalue weighted by Gasteiger charge is -2.10. The molecule has 1 heterocycles. The number of carbonyl (C=O) groups is 1. The lowest BCUT2D eigenvalue weighted by Crippen LogP contribution is -2.16. The van der Waals surface area contributed by atoms with Crippen LogP contribution in [-0.4, -0.2) is 22.8 Å². The number of hydrogen-bond donors (Lipinski definition) is 2. The van der Waals surface area contributed by atoms with Crippen molar-refractivity contribution < 1.29 is 9.53 Å². The summed E-state index contributed by atoms with van der Waals surface area (Å²) in [4.78, 5) is 12.1. The maximum Gasteiger partial charge on any atom is 0.274 e. The summed E-state index contributed by atoms with van der Waals surface area (Å²) in [5, 5.41) is 6.73. The summed E-state index contributed by atoms with van der Waals surface area (Å²) in [6, 6.07) is 7.09. The van der Waals surface area contributed by atoms with E-state index in [0.717, 1.165) is 5.56 Å². The van der Waals surface area contributed by atoms with Crippen molar-refractivity contribution >= 4 is 17.4 Å². The first-order valence-electron chi connectivity index (χ1n) is 5.76. The number of aryl methyl sites for hydroxylation is 2. The Morgan fingerprint density at radius 2 is 2.16 bits per heavy atom. The van der Waals surface area contributed by atoms with Gasteiger partial charge >= 0.3 is 0 Å². The molecule has 1 aromatic heterocycles. The molecule has 6 nitrogen and oxygen atoms in total. The Morgan fingerprint density at radius 3 is 2.74 bits per heavy atom. The van der Waals surface area contributed by atoms with Gasteiger partial charge in [0.25, 0.3) is 5.91 Å². The SMILES string of the molecule is COc1ccc(C)cc1NC(=O)c1cc(N)nn1C. The molecule has 0 saturated heterocycles. The number of hydrogen-bond acceptors (Lipinski definition) is 4. The van der Waals surface area contributed by atoms with Crippen LogP contribution in [0.15, 0.2) is 24.3 Å². The van der Waals surface area contributed by atoms with Crippen LogP contribution in [-0.2, 0) is 7.05 Å². The third-order valence-electron chi connectivity index (χ3n) is 2.73. The molecule has 0 unspecified atom stereocenters. The predicted octanol–water partition coefficient (Wildman–Crippen LogP) is 1.57. The number of amides is 1. The summed E-state index contributed by atoms with van der Waals surface area (Å²) in [6.07, 6.45) is 0. The third kappa shape index (κ3) is 2.67. The molecule has 0 aliphatic carbocycles. The van der Waals surface area contributed by atoms with Gasteiger partial charge in [-0.2, -0.15) is 5.10 Å². The highest BCUT2D eigenvalue weighted by molar-refractivity contribution is 6.04. The van der Waals surface area contributed by atoms with Crippen LogP contribution < -0.4 is 15.8 Å². The van der Waals surface area contributed by atoms with Crippen molar-refractivity contribution in [3.8, 4) is 5.75 Å². The maximum absolute atomic E-state index is 12.1. The molecule has 1 amide bonds. The Kier molecular flexibility index (Phi) is 3.41. The fourth-order valence-corrected chi connectivity index (χ4v) is 1.81. The number of aromatic nitrogens is 2. The van der Waals surface area contributed by atoms with E-state index in [2.05, 4.69) is 10.4 Å². The van der Waals surface area contributed by atoms with Gasteiger partial charge in [-0.15, -0.1) is 0 Å². The lowest BCUT2D eigenvalue weighted by molar-refractivity contribution is 0.101. The quantitative estimate of drug-likeness (QED) is 0.877. The highest BCUT2D eigenvalue weighted by Gasteiger charge is 2.14. The van der Waals surface area contributed by atoms with Gasteiger partial charge < -0.3 is 15.8 Å². The molecule has 0 saturated carbocycles. The van der Waals surface area contributed by atoms with E-state index in [1.165, 1.54) is 10.7 Å². The van der Waals surface area contributed by atoms with Crippen LogP contribution in [0.4, 0.5) is 11.5 Å². The van der Waals surface area contributed by atoms with Crippen LogP contribution in [0.1, 0.15) is 16.1 Å². The molecule has 19 heavy (non-hydrogen) atoms. The molecule has 0 spiro atoms. The number of carbonyl (C=O) groups excluding carboxylic acids is 1. The van der Waals surface area contributed by atoms with Crippen molar-refractivity contribution in [3.05, 3.63) is 35.5 Å². The molecule has 0 atom stereocenters. The van der Waals surface area contributed by atoms with E-state index >= 15 is 0 Å². The molecule has 6 heteroatoms. The molecule has 0 radical (unpaired) electrons. The van der Waals surface area contributed by atoms with Gasteiger partial charge in [-0.05, 0) is 24.6 Å². The van der Waals surface area contributed by atoms with Gasteiger partial charge in [0, 0.05) is 13.1 Å². The molecule has 2 aromatic rings. The Hall–Kier alpha value is -2.50. The summed E-state index contributed by atoms with van der Waals surface area (Å²) < 4.78 is 6.65. The fourth-order valence-electron chi connectivity index (χ4n) is 1.81. The van der Waals surface area contributed by atoms with E-state index in [-0.39, 0.29) is 5.91 Å². The summed E-state index contributed by atoms with van der Waals surface area (Å²) in [6.45, 7) is 1.94. The first kappa shape index (κ1) is 12.9. The Morgan fingerprint density at radius 1 is 1.42 bits per heavy atom. The van der Waals surface area contributed by atoms with Crippen LogP contribution in [0.5, 0.6) is 5.75 Å². The van der Waals surface area contributed by atoms with E-state index in [0.29, 0.717) is 22.9 Å². The summed E-state index contributed by atoms with van der Waals surface area (Å²) in [7, 11) is 3.22. The van der Waals surface area contributed by atoms with Crippen molar-refractivity contribution in [1.82, 2.24) is 9.78 Å². The average Bonchev–Trinajstić information content (AvgIpc) is 2.69. The molecule has 0 fully saturated rings. The molecule has 100 valence electrons. The molecular weight excluding hydrogens is 244 g/mol. The molecule has 0 bridgehead atoms. The minimum Gasteiger partial charge on any atom is -0.495 e. The minimum absolute atomic E-state index is 0.282. The number of nitrogens with zero attached hydrogens (tertiary/aromatic N) is 2. The van der Waals surface area contributed by atoms with Crippen molar-refractivity contribution in [2.24, 2.45) is 7.05 Å². The second-order valence-corrected chi connectivity index (χ2v) is 4.24. The number of anilines is 2. The van der Waals surface area contributed by atoms with Crippen LogP contribution in [0, 0.1) is 6.92 Å². The van der Waals surface area contributed by atoms with Gasteiger partial charge in [0.15, 0.2) is 0 Å². The Labute approximate surface area is 111 Å². The smallest absolute Gasteiger partial charge is 0.274 e. The van der Waals surface area contributed by atoms with Gasteiger partial charge in [0.05, 0.1) is 12.8 Å². The van der Waals surface area contributed by atoms with Crippen LogP contribution in [0.2, 0.25) is 0 Å². The molecule has 0 aliphatic heterocycles. The van der Waals surface area contributed by atoms with E-state index in [9.17, 15) is 4.79 Å². The lowest BCUT2D eigenvalue weighted by atomic mass is 10.2. The number of methoxy groups -OCH3 is 1. The van der Waals surface area contributed by atoms with E-state index in [1.807, 2.05) is 25.1 Å². The Bertz CT molecular complexity index is 619. The highest BCUT2D eigenvalue weighted by atomic mass is 16.5. The van der Waals surface area contributed by atoms with Gasteiger partial charge in [0.1, 0.15) is 17.3 Å². The second-order valence-electron chi connectivity index (χ2n) is 4.24. The van der Waals surface area contributed by atoms with Crippen molar-refractivity contribution in [1.29, 1.82) is 0 Å². The standard InChI is InChI=1S/C13H16N4O2/c1-8-4-5-11(19-3)9(6-8)15-13(18)10-7-12(14)16-17(10)2/h4-7H,1-3H3,(H2,14,16)(H,15,18). The van der Waals surface area contributed by atoms with Crippen LogP contribution in [0.3, 0.4) is 0 Å². The van der Waals surface area contributed by atoms with E-state index < -0.39 is 0 Å². The number of ether oxygens (including phenoxy) is 1. The van der Waals surface area contributed by atoms with Crippen LogP contribution >= 0.6 is 0 Å². The van der Waals surface area contributed by atoms with Gasteiger partial charge in [-0.25, -0.2) is 0 Å². The van der Waals surface area contributed by atoms with Gasteiger partial charge in [-0.3, -0.25) is 9.48 Å². The monoisotopic (exact) mass is 260 g/mol. The number of rotatable bonds is 3. The predicted molar refractivity (Wildman–Crippen MR) is 73.3 cm³/mol. The zero-order chi connectivity index (χ0) is 14.0. The van der Waals surface area contributed by atoms with Gasteiger partial charge in [-0.1, -0.05) is 6.07 Å². The highest BCUT2D eigenvalue weighted by Crippen LogP contribution is 2.25. The second kappa shape index (κ2) is 5.01. The number of nitrogen functional groups attached to an aromatic ring is 1. The molecule has 3 N–H and O–H groups in total. The molecular formula is C13H16N4O2.